The van der Waals surface area contributed by atoms with Crippen LogP contribution in [0.15, 0.2) is 51.4 Å². The van der Waals surface area contributed by atoms with Crippen molar-refractivity contribution in [2.45, 2.75) is 13.3 Å². The zero-order valence-corrected chi connectivity index (χ0v) is 12.8. The largest absolute Gasteiger partial charge is 0.273 e. The van der Waals surface area contributed by atoms with Crippen molar-refractivity contribution >= 4 is 38.9 Å². The second-order valence-corrected chi connectivity index (χ2v) is 5.94. The lowest BCUT2D eigenvalue weighted by molar-refractivity contribution is -0.120. The fourth-order valence-electron chi connectivity index (χ4n) is 1.51. The maximum absolute atomic E-state index is 11.7. The minimum Gasteiger partial charge on any atom is -0.273 e. The summed E-state index contributed by atoms with van der Waals surface area (Å²) in [5.74, 6) is -0.0982. The Morgan fingerprint density at radius 1 is 1.32 bits per heavy atom. The van der Waals surface area contributed by atoms with Gasteiger partial charge in [0.15, 0.2) is 0 Å². The van der Waals surface area contributed by atoms with Gasteiger partial charge in [0.05, 0.1) is 12.1 Å². The molecule has 1 N–H and O–H groups in total. The van der Waals surface area contributed by atoms with Crippen LogP contribution >= 0.6 is 27.3 Å². The summed E-state index contributed by atoms with van der Waals surface area (Å²) in [7, 11) is 0. The normalized spacial score (nSPS) is 11.4. The van der Waals surface area contributed by atoms with E-state index in [1.54, 1.807) is 11.3 Å². The van der Waals surface area contributed by atoms with Crippen LogP contribution in [0.5, 0.6) is 0 Å². The lowest BCUT2D eigenvalue weighted by Gasteiger charge is -2.02. The van der Waals surface area contributed by atoms with Crippen LogP contribution in [-0.2, 0) is 11.2 Å². The fraction of sp³-hybridized carbons (Fsp3) is 0.143. The zero-order chi connectivity index (χ0) is 13.7. The Balaban J connectivity index is 1.94. The first-order valence-corrected chi connectivity index (χ1v) is 7.44. The summed E-state index contributed by atoms with van der Waals surface area (Å²) in [6.45, 7) is 1.87. The molecule has 0 saturated heterocycles. The Morgan fingerprint density at radius 2 is 2.05 bits per heavy atom. The third-order valence-corrected chi connectivity index (χ3v) is 3.93. The molecule has 0 spiro atoms. The first-order chi connectivity index (χ1) is 9.15. The maximum Gasteiger partial charge on any atom is 0.245 e. The molecule has 0 aliphatic heterocycles. The number of hydrogen-bond donors (Lipinski definition) is 1. The molecule has 98 valence electrons. The minimum atomic E-state index is -0.0982. The van der Waals surface area contributed by atoms with Crippen molar-refractivity contribution in [2.75, 3.05) is 0 Å². The van der Waals surface area contributed by atoms with Gasteiger partial charge in [-0.3, -0.25) is 4.79 Å². The van der Waals surface area contributed by atoms with E-state index in [1.165, 1.54) is 0 Å². The first-order valence-electron chi connectivity index (χ1n) is 5.76. The number of nitrogens with zero attached hydrogens (tertiary/aromatic N) is 1. The molecule has 2 rings (SSSR count). The van der Waals surface area contributed by atoms with Gasteiger partial charge < -0.3 is 0 Å². The van der Waals surface area contributed by atoms with Crippen LogP contribution in [0, 0.1) is 0 Å². The number of hydrogen-bond acceptors (Lipinski definition) is 3. The highest BCUT2D eigenvalue weighted by Crippen LogP contribution is 2.11. The SMILES string of the molecule is CC(=NNC(=O)Cc1cccs1)c1ccc(Br)cc1. The third-order valence-electron chi connectivity index (χ3n) is 2.53. The molecule has 0 bridgehead atoms. The quantitative estimate of drug-likeness (QED) is 0.672. The number of halogens is 1. The van der Waals surface area contributed by atoms with Crippen LogP contribution in [0.4, 0.5) is 0 Å². The third kappa shape index (κ3) is 4.29. The standard InChI is InChI=1S/C14H13BrN2OS/c1-10(11-4-6-12(15)7-5-11)16-17-14(18)9-13-3-2-8-19-13/h2-8H,9H2,1H3,(H,17,18). The summed E-state index contributed by atoms with van der Waals surface area (Å²) >= 11 is 4.95. The van der Waals surface area contributed by atoms with Crippen molar-refractivity contribution in [1.82, 2.24) is 5.43 Å². The summed E-state index contributed by atoms with van der Waals surface area (Å²) in [5.41, 5.74) is 4.35. The van der Waals surface area contributed by atoms with Crippen molar-refractivity contribution in [3.8, 4) is 0 Å². The van der Waals surface area contributed by atoms with E-state index in [-0.39, 0.29) is 5.91 Å². The summed E-state index contributed by atoms with van der Waals surface area (Å²) in [6.07, 6.45) is 0.370. The Hall–Kier alpha value is -1.46. The van der Waals surface area contributed by atoms with E-state index in [0.717, 1.165) is 20.6 Å². The molecule has 1 aromatic carbocycles. The second kappa shape index (κ2) is 6.63. The molecule has 2 aromatic rings. The monoisotopic (exact) mass is 336 g/mol. The van der Waals surface area contributed by atoms with Gasteiger partial charge in [-0.15, -0.1) is 11.3 Å². The molecule has 0 unspecified atom stereocenters. The van der Waals surface area contributed by atoms with Gasteiger partial charge in [0, 0.05) is 9.35 Å². The molecule has 0 fully saturated rings. The number of thiophene rings is 1. The summed E-state index contributed by atoms with van der Waals surface area (Å²) in [6, 6.07) is 11.7. The summed E-state index contributed by atoms with van der Waals surface area (Å²) in [4.78, 5) is 12.7. The van der Waals surface area contributed by atoms with E-state index in [1.807, 2.05) is 48.7 Å². The van der Waals surface area contributed by atoms with E-state index < -0.39 is 0 Å². The van der Waals surface area contributed by atoms with Gasteiger partial charge in [-0.25, -0.2) is 5.43 Å². The summed E-state index contributed by atoms with van der Waals surface area (Å²) in [5, 5.41) is 6.07. The van der Waals surface area contributed by atoms with Crippen molar-refractivity contribution in [3.63, 3.8) is 0 Å². The molecule has 5 heteroatoms. The maximum atomic E-state index is 11.7. The molecule has 0 aliphatic rings. The van der Waals surface area contributed by atoms with Gasteiger partial charge in [-0.2, -0.15) is 5.10 Å². The van der Waals surface area contributed by atoms with Crippen LogP contribution in [0.25, 0.3) is 0 Å². The average Bonchev–Trinajstić information content (AvgIpc) is 2.89. The number of rotatable bonds is 4. The lowest BCUT2D eigenvalue weighted by atomic mass is 10.1. The van der Waals surface area contributed by atoms with E-state index in [0.29, 0.717) is 6.42 Å². The highest BCUT2D eigenvalue weighted by molar-refractivity contribution is 9.10. The fourth-order valence-corrected chi connectivity index (χ4v) is 2.48. The molecular weight excluding hydrogens is 324 g/mol. The predicted molar refractivity (Wildman–Crippen MR) is 82.5 cm³/mol. The first kappa shape index (κ1) is 14.0. The highest BCUT2D eigenvalue weighted by atomic mass is 79.9. The molecule has 0 saturated carbocycles. The lowest BCUT2D eigenvalue weighted by Crippen LogP contribution is -2.20. The smallest absolute Gasteiger partial charge is 0.245 e. The van der Waals surface area contributed by atoms with Crippen LogP contribution in [0.3, 0.4) is 0 Å². The molecule has 19 heavy (non-hydrogen) atoms. The Labute approximate surface area is 124 Å². The molecule has 0 radical (unpaired) electrons. The zero-order valence-electron chi connectivity index (χ0n) is 10.4. The number of carbonyl (C=O) groups excluding carboxylic acids is 1. The van der Waals surface area contributed by atoms with Crippen molar-refractivity contribution in [2.24, 2.45) is 5.10 Å². The molecule has 1 amide bonds. The van der Waals surface area contributed by atoms with Crippen molar-refractivity contribution < 1.29 is 4.79 Å². The number of carbonyl (C=O) groups is 1. The second-order valence-electron chi connectivity index (χ2n) is 4.00. The minimum absolute atomic E-state index is 0.0982. The Bertz CT molecular complexity index is 576. The van der Waals surface area contributed by atoms with Crippen LogP contribution in [0.2, 0.25) is 0 Å². The van der Waals surface area contributed by atoms with Gasteiger partial charge in [-0.05, 0) is 36.1 Å². The highest BCUT2D eigenvalue weighted by Gasteiger charge is 2.03. The molecule has 0 aliphatic carbocycles. The number of nitrogens with one attached hydrogen (secondary N) is 1. The van der Waals surface area contributed by atoms with E-state index in [4.69, 9.17) is 0 Å². The predicted octanol–water partition coefficient (Wildman–Crippen LogP) is 3.59. The topological polar surface area (TPSA) is 41.5 Å². The Morgan fingerprint density at radius 3 is 2.68 bits per heavy atom. The molecule has 1 aromatic heterocycles. The number of benzene rings is 1. The van der Waals surface area contributed by atoms with Gasteiger partial charge in [-0.1, -0.05) is 34.1 Å². The van der Waals surface area contributed by atoms with Crippen molar-refractivity contribution in [1.29, 1.82) is 0 Å². The molecular formula is C14H13BrN2OS. The van der Waals surface area contributed by atoms with E-state index in [9.17, 15) is 4.79 Å². The molecule has 3 nitrogen and oxygen atoms in total. The molecule has 1 heterocycles. The van der Waals surface area contributed by atoms with Crippen molar-refractivity contribution in [3.05, 3.63) is 56.7 Å². The van der Waals surface area contributed by atoms with Gasteiger partial charge >= 0.3 is 0 Å². The van der Waals surface area contributed by atoms with Crippen LogP contribution in [0.1, 0.15) is 17.4 Å². The van der Waals surface area contributed by atoms with Gasteiger partial charge in [0.2, 0.25) is 5.91 Å². The number of hydrazone groups is 1. The van der Waals surface area contributed by atoms with Crippen LogP contribution < -0.4 is 5.43 Å². The average molecular weight is 337 g/mol. The van der Waals surface area contributed by atoms with E-state index in [2.05, 4.69) is 26.5 Å². The summed E-state index contributed by atoms with van der Waals surface area (Å²) < 4.78 is 1.02. The van der Waals surface area contributed by atoms with Gasteiger partial charge in [0.1, 0.15) is 0 Å². The number of amides is 1. The molecule has 0 atom stereocenters. The Kier molecular flexibility index (Phi) is 4.87. The van der Waals surface area contributed by atoms with Gasteiger partial charge in [0.25, 0.3) is 0 Å². The van der Waals surface area contributed by atoms with E-state index >= 15 is 0 Å². The van der Waals surface area contributed by atoms with Crippen LogP contribution in [-0.4, -0.2) is 11.6 Å².